The van der Waals surface area contributed by atoms with Gasteiger partial charge in [0.25, 0.3) is 5.91 Å². The molecule has 6 nitrogen and oxygen atoms in total. The van der Waals surface area contributed by atoms with E-state index in [0.717, 1.165) is 10.6 Å². The van der Waals surface area contributed by atoms with Gasteiger partial charge in [-0.15, -0.1) is 11.3 Å². The lowest BCUT2D eigenvalue weighted by Crippen LogP contribution is -2.37. The number of amides is 1. The van der Waals surface area contributed by atoms with Crippen molar-refractivity contribution in [2.24, 2.45) is 0 Å². The summed E-state index contributed by atoms with van der Waals surface area (Å²) >= 11 is 7.29. The highest BCUT2D eigenvalue weighted by atomic mass is 35.5. The molecular formula is C16H18ClN3O3S2. The van der Waals surface area contributed by atoms with Crippen molar-refractivity contribution in [2.75, 3.05) is 32.4 Å². The summed E-state index contributed by atoms with van der Waals surface area (Å²) in [6.45, 7) is 1.66. The minimum absolute atomic E-state index is 0.160. The number of rotatable bonds is 3. The average molecular weight is 400 g/mol. The van der Waals surface area contributed by atoms with Crippen LogP contribution in [0.1, 0.15) is 16.9 Å². The first-order chi connectivity index (χ1) is 11.8. The maximum absolute atomic E-state index is 12.7. The molecule has 3 rings (SSSR count). The normalized spacial score (nSPS) is 16.6. The Morgan fingerprint density at radius 3 is 2.56 bits per heavy atom. The molecule has 1 saturated heterocycles. The first-order valence-corrected chi connectivity index (χ1v) is 10.9. The summed E-state index contributed by atoms with van der Waals surface area (Å²) in [4.78, 5) is 18.8. The van der Waals surface area contributed by atoms with Crippen LogP contribution in [-0.4, -0.2) is 60.9 Å². The zero-order valence-electron chi connectivity index (χ0n) is 13.7. The quantitative estimate of drug-likeness (QED) is 0.795. The molecule has 1 amide bonds. The molecular weight excluding hydrogens is 382 g/mol. The third-order valence-corrected chi connectivity index (χ3v) is 6.47. The van der Waals surface area contributed by atoms with Crippen molar-refractivity contribution >= 4 is 38.9 Å². The smallest absolute Gasteiger partial charge is 0.273 e. The highest BCUT2D eigenvalue weighted by Gasteiger charge is 2.25. The number of sulfonamides is 1. The molecule has 134 valence electrons. The molecule has 1 aromatic carbocycles. The van der Waals surface area contributed by atoms with Crippen molar-refractivity contribution in [1.29, 1.82) is 0 Å². The summed E-state index contributed by atoms with van der Waals surface area (Å²) in [5.74, 6) is -0.160. The van der Waals surface area contributed by atoms with E-state index in [1.165, 1.54) is 21.9 Å². The van der Waals surface area contributed by atoms with Gasteiger partial charge in [0.1, 0.15) is 10.7 Å². The average Bonchev–Trinajstić information content (AvgIpc) is 2.91. The molecule has 0 N–H and O–H groups in total. The van der Waals surface area contributed by atoms with Crippen LogP contribution >= 0.6 is 22.9 Å². The number of hydrogen-bond acceptors (Lipinski definition) is 5. The second kappa shape index (κ2) is 7.41. The second-order valence-corrected chi connectivity index (χ2v) is 9.13. The van der Waals surface area contributed by atoms with Crippen molar-refractivity contribution < 1.29 is 13.2 Å². The predicted octanol–water partition coefficient (Wildman–Crippen LogP) is 2.57. The fraction of sp³-hybridized carbons (Fsp3) is 0.375. The number of thiazole rings is 1. The van der Waals surface area contributed by atoms with Gasteiger partial charge in [0.15, 0.2) is 0 Å². The lowest BCUT2D eigenvalue weighted by Gasteiger charge is -2.20. The zero-order chi connectivity index (χ0) is 18.0. The Morgan fingerprint density at radius 1 is 1.16 bits per heavy atom. The highest BCUT2D eigenvalue weighted by molar-refractivity contribution is 7.88. The molecule has 2 heterocycles. The van der Waals surface area contributed by atoms with Gasteiger partial charge in [-0.2, -0.15) is 0 Å². The maximum Gasteiger partial charge on any atom is 0.273 e. The lowest BCUT2D eigenvalue weighted by atomic mass is 10.2. The fourth-order valence-electron chi connectivity index (χ4n) is 2.69. The Labute approximate surface area is 156 Å². The molecule has 0 bridgehead atoms. The van der Waals surface area contributed by atoms with E-state index < -0.39 is 10.0 Å². The molecule has 1 aliphatic heterocycles. The van der Waals surface area contributed by atoms with E-state index in [1.54, 1.807) is 22.4 Å². The third-order valence-electron chi connectivity index (χ3n) is 4.03. The van der Waals surface area contributed by atoms with E-state index in [9.17, 15) is 13.2 Å². The van der Waals surface area contributed by atoms with Crippen LogP contribution in [0.4, 0.5) is 0 Å². The van der Waals surface area contributed by atoms with Gasteiger partial charge in [0.05, 0.1) is 6.26 Å². The SMILES string of the molecule is CS(=O)(=O)N1CCCN(C(=O)c2csc(-c3ccc(Cl)cc3)n2)CC1. The van der Waals surface area contributed by atoms with Crippen molar-refractivity contribution in [3.63, 3.8) is 0 Å². The topological polar surface area (TPSA) is 70.6 Å². The van der Waals surface area contributed by atoms with Crippen molar-refractivity contribution in [3.8, 4) is 10.6 Å². The van der Waals surface area contributed by atoms with E-state index in [2.05, 4.69) is 4.98 Å². The van der Waals surface area contributed by atoms with E-state index in [1.807, 2.05) is 12.1 Å². The molecule has 0 aliphatic carbocycles. The summed E-state index contributed by atoms with van der Waals surface area (Å²) in [6.07, 6.45) is 1.82. The Hall–Kier alpha value is -1.48. The van der Waals surface area contributed by atoms with Crippen LogP contribution in [0.15, 0.2) is 29.6 Å². The number of hydrogen-bond donors (Lipinski definition) is 0. The minimum Gasteiger partial charge on any atom is -0.336 e. The van der Waals surface area contributed by atoms with E-state index >= 15 is 0 Å². The summed E-state index contributed by atoms with van der Waals surface area (Å²) in [5, 5.41) is 3.15. The van der Waals surface area contributed by atoms with E-state index in [4.69, 9.17) is 11.6 Å². The molecule has 1 aliphatic rings. The standard InChI is InChI=1S/C16H18ClN3O3S2/c1-25(22,23)20-8-2-7-19(9-10-20)16(21)14-11-24-15(18-14)12-3-5-13(17)6-4-12/h3-6,11H,2,7-10H2,1H3. The number of carbonyl (C=O) groups excluding carboxylic acids is 1. The van der Waals surface area contributed by atoms with Gasteiger partial charge in [-0.1, -0.05) is 23.7 Å². The minimum atomic E-state index is -3.23. The summed E-state index contributed by atoms with van der Waals surface area (Å²) in [6, 6.07) is 7.30. The molecule has 2 aromatic rings. The maximum atomic E-state index is 12.7. The molecule has 9 heteroatoms. The van der Waals surface area contributed by atoms with Crippen molar-refractivity contribution in [2.45, 2.75) is 6.42 Å². The van der Waals surface area contributed by atoms with Crippen molar-refractivity contribution in [3.05, 3.63) is 40.4 Å². The Balaban J connectivity index is 1.72. The van der Waals surface area contributed by atoms with Crippen LogP contribution in [0.25, 0.3) is 10.6 Å². The predicted molar refractivity (Wildman–Crippen MR) is 99.5 cm³/mol. The van der Waals surface area contributed by atoms with Gasteiger partial charge in [0, 0.05) is 42.1 Å². The number of benzene rings is 1. The van der Waals surface area contributed by atoms with Gasteiger partial charge in [-0.3, -0.25) is 4.79 Å². The number of carbonyl (C=O) groups is 1. The zero-order valence-corrected chi connectivity index (χ0v) is 16.1. The molecule has 1 aromatic heterocycles. The second-order valence-electron chi connectivity index (χ2n) is 5.85. The number of halogens is 1. The fourth-order valence-corrected chi connectivity index (χ4v) is 4.49. The van der Waals surface area contributed by atoms with Gasteiger partial charge < -0.3 is 4.90 Å². The Morgan fingerprint density at radius 2 is 1.88 bits per heavy atom. The Bertz CT molecular complexity index is 865. The monoisotopic (exact) mass is 399 g/mol. The molecule has 0 spiro atoms. The van der Waals surface area contributed by atoms with E-state index in [0.29, 0.717) is 43.3 Å². The van der Waals surface area contributed by atoms with E-state index in [-0.39, 0.29) is 5.91 Å². The van der Waals surface area contributed by atoms with Crippen LogP contribution in [0.2, 0.25) is 5.02 Å². The van der Waals surface area contributed by atoms with Crippen LogP contribution in [0.5, 0.6) is 0 Å². The molecule has 1 fully saturated rings. The largest absolute Gasteiger partial charge is 0.336 e. The summed E-state index contributed by atoms with van der Waals surface area (Å²) in [5.41, 5.74) is 1.30. The first-order valence-electron chi connectivity index (χ1n) is 7.80. The van der Waals surface area contributed by atoms with Gasteiger partial charge in [-0.05, 0) is 18.6 Å². The highest BCUT2D eigenvalue weighted by Crippen LogP contribution is 2.25. The van der Waals surface area contributed by atoms with Gasteiger partial charge >= 0.3 is 0 Å². The van der Waals surface area contributed by atoms with Gasteiger partial charge in [-0.25, -0.2) is 17.7 Å². The summed E-state index contributed by atoms with van der Waals surface area (Å²) in [7, 11) is -3.23. The molecule has 0 radical (unpaired) electrons. The number of nitrogens with zero attached hydrogens (tertiary/aromatic N) is 3. The van der Waals surface area contributed by atoms with Crippen LogP contribution in [0.3, 0.4) is 0 Å². The first kappa shape index (κ1) is 18.3. The molecule has 25 heavy (non-hydrogen) atoms. The van der Waals surface area contributed by atoms with Gasteiger partial charge in [0.2, 0.25) is 10.0 Å². The molecule has 0 atom stereocenters. The van der Waals surface area contributed by atoms with Crippen molar-refractivity contribution in [1.82, 2.24) is 14.2 Å². The Kier molecular flexibility index (Phi) is 5.43. The third kappa shape index (κ3) is 4.38. The lowest BCUT2D eigenvalue weighted by molar-refractivity contribution is 0.0759. The summed E-state index contributed by atoms with van der Waals surface area (Å²) < 4.78 is 24.8. The van der Waals surface area contributed by atoms with Crippen LogP contribution in [0, 0.1) is 0 Å². The molecule has 0 saturated carbocycles. The van der Waals surface area contributed by atoms with Crippen LogP contribution in [-0.2, 0) is 10.0 Å². The number of aromatic nitrogens is 1. The molecule has 0 unspecified atom stereocenters. The van der Waals surface area contributed by atoms with Crippen LogP contribution < -0.4 is 0 Å².